The lowest BCUT2D eigenvalue weighted by Gasteiger charge is -2.06. The van der Waals surface area contributed by atoms with E-state index in [9.17, 15) is 13.2 Å². The van der Waals surface area contributed by atoms with E-state index in [0.717, 1.165) is 17.8 Å². The summed E-state index contributed by atoms with van der Waals surface area (Å²) in [5, 5.41) is 0.634. The molecule has 1 aromatic heterocycles. The average molecular weight is 297 g/mol. The molecule has 1 aromatic carbocycles. The van der Waals surface area contributed by atoms with E-state index in [1.54, 1.807) is 24.3 Å². The Morgan fingerprint density at radius 3 is 2.50 bits per heavy atom. The zero-order valence-corrected chi connectivity index (χ0v) is 11.0. The van der Waals surface area contributed by atoms with Crippen molar-refractivity contribution in [2.45, 2.75) is 12.6 Å². The van der Waals surface area contributed by atoms with E-state index in [2.05, 4.69) is 11.1 Å². The summed E-state index contributed by atoms with van der Waals surface area (Å²) < 4.78 is 37.5. The first-order chi connectivity index (χ1) is 9.45. The Hall–Kier alpha value is -1.81. The quantitative estimate of drug-likeness (QED) is 0.792. The first-order valence-corrected chi connectivity index (χ1v) is 6.19. The Kier molecular flexibility index (Phi) is 4.45. The van der Waals surface area contributed by atoms with Crippen molar-refractivity contribution in [1.29, 1.82) is 0 Å². The number of rotatable bonds is 3. The van der Waals surface area contributed by atoms with E-state index in [-0.39, 0.29) is 12.1 Å². The fraction of sp³-hybridized carbons (Fsp3) is 0.133. The van der Waals surface area contributed by atoms with Gasteiger partial charge in [-0.05, 0) is 23.8 Å². The molecule has 0 amide bonds. The monoisotopic (exact) mass is 296 g/mol. The van der Waals surface area contributed by atoms with Gasteiger partial charge in [0, 0.05) is 23.7 Å². The Morgan fingerprint density at radius 1 is 1.15 bits per heavy atom. The summed E-state index contributed by atoms with van der Waals surface area (Å²) in [5.74, 6) is 0. The smallest absolute Gasteiger partial charge is 0.260 e. The molecule has 0 fully saturated rings. The number of halogens is 4. The van der Waals surface area contributed by atoms with Crippen molar-refractivity contribution in [2.24, 2.45) is 0 Å². The number of benzene rings is 1. The van der Waals surface area contributed by atoms with Gasteiger partial charge in [0.15, 0.2) is 0 Å². The normalized spacial score (nSPS) is 12.0. The van der Waals surface area contributed by atoms with E-state index in [1.807, 2.05) is 12.1 Å². The maximum atomic E-state index is 12.5. The SMILES string of the molecule is FC(F)(F)c1[c]c(CC=Cc2ccc(Cl)cc2)ncc1. The summed E-state index contributed by atoms with van der Waals surface area (Å²) in [5.41, 5.74) is 0.369. The topological polar surface area (TPSA) is 12.9 Å². The Morgan fingerprint density at radius 2 is 1.85 bits per heavy atom. The van der Waals surface area contributed by atoms with Crippen molar-refractivity contribution in [3.05, 3.63) is 70.5 Å². The van der Waals surface area contributed by atoms with Crippen LogP contribution >= 0.6 is 11.6 Å². The molecule has 20 heavy (non-hydrogen) atoms. The van der Waals surface area contributed by atoms with E-state index in [0.29, 0.717) is 5.02 Å². The number of alkyl halides is 3. The van der Waals surface area contributed by atoms with Crippen LogP contribution in [0.1, 0.15) is 16.8 Å². The third-order valence-corrected chi connectivity index (χ3v) is 2.80. The van der Waals surface area contributed by atoms with Gasteiger partial charge in [-0.1, -0.05) is 35.9 Å². The minimum absolute atomic E-state index is 0.255. The minimum Gasteiger partial charge on any atom is -0.260 e. The number of hydrogen-bond donors (Lipinski definition) is 0. The Balaban J connectivity index is 2.05. The summed E-state index contributed by atoms with van der Waals surface area (Å²) in [4.78, 5) is 3.87. The lowest BCUT2D eigenvalue weighted by molar-refractivity contribution is -0.137. The summed E-state index contributed by atoms with van der Waals surface area (Å²) in [6.07, 6.45) is 0.573. The summed E-state index contributed by atoms with van der Waals surface area (Å²) in [6.45, 7) is 0. The van der Waals surface area contributed by atoms with Crippen LogP contribution in [0, 0.1) is 6.07 Å². The van der Waals surface area contributed by atoms with Crippen LogP contribution < -0.4 is 0 Å². The van der Waals surface area contributed by atoms with Crippen molar-refractivity contribution in [2.75, 3.05) is 0 Å². The van der Waals surface area contributed by atoms with Crippen LogP contribution in [0.2, 0.25) is 5.02 Å². The molecule has 1 heterocycles. The van der Waals surface area contributed by atoms with Gasteiger partial charge in [0.1, 0.15) is 0 Å². The second-order valence-corrected chi connectivity index (χ2v) is 4.52. The fourth-order valence-electron chi connectivity index (χ4n) is 1.58. The molecule has 1 radical (unpaired) electrons. The molecule has 2 aromatic rings. The first kappa shape index (κ1) is 14.6. The molecule has 0 unspecified atom stereocenters. The first-order valence-electron chi connectivity index (χ1n) is 5.81. The van der Waals surface area contributed by atoms with E-state index in [1.165, 1.54) is 0 Å². The van der Waals surface area contributed by atoms with Crippen LogP contribution in [-0.2, 0) is 12.6 Å². The standard InChI is InChI=1S/C15H10ClF3N/c16-13-6-4-11(5-7-13)2-1-3-14-10-12(8-9-20-14)15(17,18)19/h1-2,4-9H,3H2. The molecular weight excluding hydrogens is 287 g/mol. The van der Waals surface area contributed by atoms with Gasteiger partial charge in [-0.3, -0.25) is 4.98 Å². The van der Waals surface area contributed by atoms with Crippen molar-refractivity contribution in [3.63, 3.8) is 0 Å². The molecule has 0 spiro atoms. The van der Waals surface area contributed by atoms with Crippen molar-refractivity contribution < 1.29 is 13.2 Å². The summed E-state index contributed by atoms with van der Waals surface area (Å²) >= 11 is 5.76. The molecule has 0 aliphatic carbocycles. The molecule has 0 atom stereocenters. The van der Waals surface area contributed by atoms with Gasteiger partial charge in [-0.15, -0.1) is 0 Å². The minimum atomic E-state index is -4.39. The van der Waals surface area contributed by atoms with Gasteiger partial charge >= 0.3 is 6.18 Å². The number of hydrogen-bond acceptors (Lipinski definition) is 1. The van der Waals surface area contributed by atoms with E-state index < -0.39 is 11.7 Å². The highest BCUT2D eigenvalue weighted by molar-refractivity contribution is 6.30. The van der Waals surface area contributed by atoms with Crippen LogP contribution in [0.3, 0.4) is 0 Å². The number of allylic oxidation sites excluding steroid dienone is 1. The van der Waals surface area contributed by atoms with Crippen LogP contribution in [0.5, 0.6) is 0 Å². The number of nitrogens with zero attached hydrogens (tertiary/aromatic N) is 1. The second-order valence-electron chi connectivity index (χ2n) is 4.09. The van der Waals surface area contributed by atoms with Gasteiger partial charge in [0.05, 0.1) is 11.3 Å². The maximum absolute atomic E-state index is 12.5. The van der Waals surface area contributed by atoms with Gasteiger partial charge in [-0.25, -0.2) is 0 Å². The van der Waals surface area contributed by atoms with Crippen LogP contribution in [0.15, 0.2) is 42.6 Å². The van der Waals surface area contributed by atoms with E-state index >= 15 is 0 Å². The molecule has 0 N–H and O–H groups in total. The van der Waals surface area contributed by atoms with Crippen LogP contribution in [0.4, 0.5) is 13.2 Å². The van der Waals surface area contributed by atoms with Gasteiger partial charge < -0.3 is 0 Å². The highest BCUT2D eigenvalue weighted by atomic mass is 35.5. The number of pyridine rings is 1. The van der Waals surface area contributed by atoms with Crippen molar-refractivity contribution in [3.8, 4) is 0 Å². The largest absolute Gasteiger partial charge is 0.417 e. The lowest BCUT2D eigenvalue weighted by Crippen LogP contribution is -2.06. The van der Waals surface area contributed by atoms with Crippen LogP contribution in [-0.4, -0.2) is 4.98 Å². The lowest BCUT2D eigenvalue weighted by atomic mass is 10.1. The third kappa shape index (κ3) is 4.10. The molecule has 5 heteroatoms. The summed E-state index contributed by atoms with van der Waals surface area (Å²) in [6, 6.07) is 10.3. The molecule has 0 saturated carbocycles. The number of aromatic nitrogens is 1. The molecule has 0 aliphatic heterocycles. The maximum Gasteiger partial charge on any atom is 0.417 e. The highest BCUT2D eigenvalue weighted by Gasteiger charge is 2.30. The zero-order chi connectivity index (χ0) is 14.6. The molecule has 1 nitrogen and oxygen atoms in total. The second kappa shape index (κ2) is 6.09. The molecular formula is C15H10ClF3N. The van der Waals surface area contributed by atoms with Gasteiger partial charge in [0.25, 0.3) is 0 Å². The fourth-order valence-corrected chi connectivity index (χ4v) is 1.71. The van der Waals surface area contributed by atoms with Crippen LogP contribution in [0.25, 0.3) is 6.08 Å². The van der Waals surface area contributed by atoms with E-state index in [4.69, 9.17) is 11.6 Å². The van der Waals surface area contributed by atoms with Gasteiger partial charge in [-0.2, -0.15) is 13.2 Å². The predicted molar refractivity (Wildman–Crippen MR) is 72.3 cm³/mol. The zero-order valence-electron chi connectivity index (χ0n) is 10.3. The average Bonchev–Trinajstić information content (AvgIpc) is 2.40. The van der Waals surface area contributed by atoms with Crippen molar-refractivity contribution >= 4 is 17.7 Å². The van der Waals surface area contributed by atoms with Gasteiger partial charge in [0.2, 0.25) is 0 Å². The predicted octanol–water partition coefficient (Wildman–Crippen LogP) is 4.81. The molecule has 0 bridgehead atoms. The molecule has 0 aliphatic rings. The molecule has 2 rings (SSSR count). The summed E-state index contributed by atoms with van der Waals surface area (Å²) in [7, 11) is 0. The Bertz CT molecular complexity index is 603. The van der Waals surface area contributed by atoms with Crippen molar-refractivity contribution in [1.82, 2.24) is 4.98 Å². The highest BCUT2D eigenvalue weighted by Crippen LogP contribution is 2.28. The Labute approximate surface area is 119 Å². The third-order valence-electron chi connectivity index (χ3n) is 2.55. The molecule has 103 valence electrons. The molecule has 0 saturated heterocycles.